The van der Waals surface area contributed by atoms with Gasteiger partial charge in [-0.3, -0.25) is 0 Å². The van der Waals surface area contributed by atoms with Gasteiger partial charge in [-0.25, -0.2) is 0 Å². The average Bonchev–Trinajstić information content (AvgIpc) is 2.45. The molecule has 24 heavy (non-hydrogen) atoms. The molecule has 0 aliphatic carbocycles. The fourth-order valence-corrected chi connectivity index (χ4v) is 12.0. The van der Waals surface area contributed by atoms with Crippen molar-refractivity contribution < 1.29 is 26.3 Å². The predicted molar refractivity (Wildman–Crippen MR) is 93.6 cm³/mol. The summed E-state index contributed by atoms with van der Waals surface area (Å²) in [6, 6.07) is 0. The van der Waals surface area contributed by atoms with Crippen molar-refractivity contribution in [3.63, 3.8) is 0 Å². The molecule has 0 unspecified atom stereocenters. The van der Waals surface area contributed by atoms with Crippen LogP contribution in [0.2, 0.25) is 28.4 Å². The Kier molecular flexibility index (Phi) is 17.1. The molecule has 0 rings (SSSR count). The van der Waals surface area contributed by atoms with Gasteiger partial charge in [0.2, 0.25) is 0 Å². The molecule has 0 aromatic rings. The molecule has 8 heteroatoms. The van der Waals surface area contributed by atoms with E-state index in [-0.39, 0.29) is 0 Å². The second kappa shape index (κ2) is 15.1. The van der Waals surface area contributed by atoms with Crippen molar-refractivity contribution >= 4 is 35.6 Å². The molecule has 0 bridgehead atoms. The summed E-state index contributed by atoms with van der Waals surface area (Å²) in [5.74, 6) is 0. The van der Waals surface area contributed by atoms with E-state index in [0.717, 1.165) is 31.8 Å². The van der Waals surface area contributed by atoms with E-state index < -0.39 is 60.8 Å². The third kappa shape index (κ3) is 21.0. The summed E-state index contributed by atoms with van der Waals surface area (Å²) < 4.78 is 73.5. The molecule has 144 valence electrons. The average molecular weight is 480 g/mol. The Morgan fingerprint density at radius 2 is 1.08 bits per heavy atom. The minimum atomic E-state index is -3.94. The van der Waals surface area contributed by atoms with Gasteiger partial charge in [0.1, 0.15) is 0 Å². The Bertz CT molecular complexity index is 271. The van der Waals surface area contributed by atoms with Crippen LogP contribution < -0.4 is 0 Å². The number of hydrogen-bond donors (Lipinski definition) is 0. The quantitative estimate of drug-likeness (QED) is 0.222. The summed E-state index contributed by atoms with van der Waals surface area (Å²) in [5.41, 5.74) is 0. The Morgan fingerprint density at radius 3 is 1.38 bits per heavy atom. The molecule has 0 saturated carbocycles. The molecule has 0 nitrogen and oxygen atoms in total. The van der Waals surface area contributed by atoms with Crippen molar-refractivity contribution in [2.45, 2.75) is 94.1 Å². The van der Waals surface area contributed by atoms with Crippen LogP contribution in [0.4, 0.5) is 26.3 Å². The summed E-state index contributed by atoms with van der Waals surface area (Å²) in [4.78, 5) is 0. The molecule has 0 aromatic carbocycles. The van der Waals surface area contributed by atoms with Crippen molar-refractivity contribution in [3.8, 4) is 0 Å². The third-order valence-corrected chi connectivity index (χ3v) is 17.9. The first-order chi connectivity index (χ1) is 11.0. The molecule has 0 atom stereocenters. The van der Waals surface area contributed by atoms with E-state index in [1.807, 2.05) is 13.8 Å². The van der Waals surface area contributed by atoms with Crippen LogP contribution >= 0.6 is 0 Å². The van der Waals surface area contributed by atoms with Gasteiger partial charge in [-0.15, -0.1) is 0 Å². The second-order valence-corrected chi connectivity index (χ2v) is 21.1. The molecule has 0 aliphatic heterocycles. The van der Waals surface area contributed by atoms with Gasteiger partial charge in [-0.05, 0) is 0 Å². The molecule has 0 N–H and O–H groups in total. The molecule has 0 radical (unpaired) electrons. The summed E-state index contributed by atoms with van der Waals surface area (Å²) in [7, 11) is 0. The fraction of sp³-hybridized carbons (Fsp3) is 1.00. The standard InChI is InChI=1S/2C3H4F3.2C3H7.2C2H5.Al.In/c2*1-2-3(4,5)6;2*1-3-2;2*1-2;;/h2*1-2H2;2*1,3H2,2H3;2*1H2,2H3;;. The Balaban J connectivity index is 0. The molecule has 0 spiro atoms. The van der Waals surface area contributed by atoms with Crippen molar-refractivity contribution in [2.75, 3.05) is 0 Å². The molecule has 0 aliphatic rings. The summed E-state index contributed by atoms with van der Waals surface area (Å²) in [6.45, 7) is 8.17. The van der Waals surface area contributed by atoms with Crippen molar-refractivity contribution in [1.29, 1.82) is 0 Å². The Morgan fingerprint density at radius 1 is 0.667 bits per heavy atom. The predicted octanol–water partition coefficient (Wildman–Crippen LogP) is 7.73. The molecule has 0 fully saturated rings. The van der Waals surface area contributed by atoms with Crippen LogP contribution in [0.3, 0.4) is 0 Å². The monoisotopic (exact) mass is 480 g/mol. The second-order valence-electron chi connectivity index (χ2n) is 6.43. The van der Waals surface area contributed by atoms with Crippen LogP contribution in [0.25, 0.3) is 0 Å². The van der Waals surface area contributed by atoms with E-state index in [2.05, 4.69) is 13.8 Å². The van der Waals surface area contributed by atoms with Crippen molar-refractivity contribution in [1.82, 2.24) is 0 Å². The Hall–Kier alpha value is 0.983. The number of halogens is 6. The van der Waals surface area contributed by atoms with Gasteiger partial charge < -0.3 is 0 Å². The SMILES string of the molecule is CC[CH2][Al]([CH2]CC)[CH2]CC(F)(F)F.C[CH2][In]([CH2]C)[CH2]CC(F)(F)F. The first-order valence-corrected chi connectivity index (χ1v) is 18.6. The van der Waals surface area contributed by atoms with E-state index in [1.165, 1.54) is 0 Å². The van der Waals surface area contributed by atoms with Gasteiger partial charge in [-0.2, -0.15) is 13.2 Å². The van der Waals surface area contributed by atoms with E-state index in [4.69, 9.17) is 0 Å². The zero-order chi connectivity index (χ0) is 19.2. The zero-order valence-corrected chi connectivity index (χ0v) is 19.9. The Labute approximate surface area is 155 Å². The number of alkyl halides is 6. The van der Waals surface area contributed by atoms with Gasteiger partial charge in [0.05, 0.1) is 0 Å². The molecule has 0 amide bonds. The van der Waals surface area contributed by atoms with Gasteiger partial charge in [0.25, 0.3) is 14.1 Å². The molecular formula is C16H32AlF6In. The van der Waals surface area contributed by atoms with E-state index in [0.29, 0.717) is 9.46 Å². The van der Waals surface area contributed by atoms with Crippen molar-refractivity contribution in [3.05, 3.63) is 0 Å². The van der Waals surface area contributed by atoms with Gasteiger partial charge in [0, 0.05) is 6.42 Å². The van der Waals surface area contributed by atoms with E-state index >= 15 is 0 Å². The van der Waals surface area contributed by atoms with Gasteiger partial charge in [0.15, 0.2) is 0 Å². The molecular weight excluding hydrogens is 448 g/mol. The first kappa shape index (κ1) is 27.2. The summed E-state index contributed by atoms with van der Waals surface area (Å²) in [6.07, 6.45) is -6.84. The van der Waals surface area contributed by atoms with Crippen LogP contribution in [0.1, 0.15) is 53.4 Å². The van der Waals surface area contributed by atoms with E-state index in [1.54, 1.807) is 0 Å². The third-order valence-electron chi connectivity index (χ3n) is 4.22. The summed E-state index contributed by atoms with van der Waals surface area (Å²) in [5, 5.41) is 2.60. The van der Waals surface area contributed by atoms with Gasteiger partial charge >= 0.3 is 79.8 Å². The maximum atomic E-state index is 11.9. The van der Waals surface area contributed by atoms with Crippen LogP contribution in [-0.2, 0) is 0 Å². The van der Waals surface area contributed by atoms with Crippen LogP contribution in [0.5, 0.6) is 0 Å². The van der Waals surface area contributed by atoms with Crippen LogP contribution in [0.15, 0.2) is 0 Å². The normalized spacial score (nSPS) is 11.8. The zero-order valence-electron chi connectivity index (χ0n) is 15.5. The molecule has 0 aromatic heterocycles. The van der Waals surface area contributed by atoms with E-state index in [9.17, 15) is 26.3 Å². The van der Waals surface area contributed by atoms with Crippen molar-refractivity contribution in [2.24, 2.45) is 0 Å². The van der Waals surface area contributed by atoms with Crippen LogP contribution in [0, 0.1) is 0 Å². The topological polar surface area (TPSA) is 0 Å². The molecule has 0 saturated heterocycles. The summed E-state index contributed by atoms with van der Waals surface area (Å²) >= 11 is -2.71. The molecule has 0 heterocycles. The maximum absolute atomic E-state index is 11.9. The fourth-order valence-electron chi connectivity index (χ4n) is 2.68. The number of hydrogen-bond acceptors (Lipinski definition) is 0. The van der Waals surface area contributed by atoms with Gasteiger partial charge in [-0.1, -0.05) is 42.5 Å². The first-order valence-electron chi connectivity index (χ1n) is 9.12. The number of rotatable bonds is 10. The minimum absolute atomic E-state index is 0.450. The van der Waals surface area contributed by atoms with Crippen LogP contribution in [-0.4, -0.2) is 47.9 Å².